The predicted octanol–water partition coefficient (Wildman–Crippen LogP) is 1.72. The molecule has 1 fully saturated rings. The third-order valence-electron chi connectivity index (χ3n) is 4.28. The lowest BCUT2D eigenvalue weighted by Gasteiger charge is -2.17. The number of amides is 1. The maximum Gasteiger partial charge on any atom is 0.262 e. The molecule has 0 bridgehead atoms. The van der Waals surface area contributed by atoms with Gasteiger partial charge in [0.05, 0.1) is 25.3 Å². The highest BCUT2D eigenvalue weighted by Gasteiger charge is 2.46. The van der Waals surface area contributed by atoms with E-state index < -0.39 is 30.8 Å². The predicted molar refractivity (Wildman–Crippen MR) is 92.0 cm³/mol. The largest absolute Gasteiger partial charge is 0.492 e. The van der Waals surface area contributed by atoms with Gasteiger partial charge in [-0.05, 0) is 36.9 Å². The fourth-order valence-electron chi connectivity index (χ4n) is 3.00. The molecule has 2 heterocycles. The van der Waals surface area contributed by atoms with E-state index in [0.29, 0.717) is 5.75 Å². The Labute approximate surface area is 150 Å². The Kier molecular flexibility index (Phi) is 5.22. The molecule has 3 rings (SSSR count). The summed E-state index contributed by atoms with van der Waals surface area (Å²) in [5, 5.41) is 6.78. The minimum Gasteiger partial charge on any atom is -0.492 e. The van der Waals surface area contributed by atoms with Crippen molar-refractivity contribution in [2.75, 3.05) is 26.7 Å². The lowest BCUT2D eigenvalue weighted by Crippen LogP contribution is -2.42. The van der Waals surface area contributed by atoms with Crippen LogP contribution in [0.5, 0.6) is 5.75 Å². The second-order valence-electron chi connectivity index (χ2n) is 6.49. The highest BCUT2D eigenvalue weighted by molar-refractivity contribution is 5.82. The van der Waals surface area contributed by atoms with Crippen molar-refractivity contribution in [1.29, 1.82) is 0 Å². The molecule has 1 atom stereocenters. The molecule has 1 aromatic carbocycles. The van der Waals surface area contributed by atoms with Gasteiger partial charge in [0.2, 0.25) is 5.91 Å². The van der Waals surface area contributed by atoms with E-state index in [-0.39, 0.29) is 13.2 Å². The van der Waals surface area contributed by atoms with E-state index in [1.54, 1.807) is 16.9 Å². The van der Waals surface area contributed by atoms with Crippen LogP contribution in [0.3, 0.4) is 0 Å². The van der Waals surface area contributed by atoms with Gasteiger partial charge in [-0.2, -0.15) is 5.10 Å². The van der Waals surface area contributed by atoms with E-state index in [9.17, 15) is 13.6 Å². The summed E-state index contributed by atoms with van der Waals surface area (Å²) in [4.78, 5) is 13.4. The molecule has 6 nitrogen and oxygen atoms in total. The number of aryl methyl sites for hydroxylation is 1. The summed E-state index contributed by atoms with van der Waals surface area (Å²) in [6, 6.07) is 7.61. The highest BCUT2D eigenvalue weighted by atomic mass is 19.3. The Morgan fingerprint density at radius 2 is 2.23 bits per heavy atom. The number of nitrogens with one attached hydrogen (secondary N) is 1. The Bertz CT molecular complexity index is 778. The van der Waals surface area contributed by atoms with Crippen LogP contribution < -0.4 is 10.1 Å². The van der Waals surface area contributed by atoms with Crippen molar-refractivity contribution in [3.05, 3.63) is 36.7 Å². The van der Waals surface area contributed by atoms with Crippen molar-refractivity contribution < 1.29 is 18.3 Å². The van der Waals surface area contributed by atoms with Gasteiger partial charge in [-0.3, -0.25) is 14.4 Å². The Morgan fingerprint density at radius 1 is 1.42 bits per heavy atom. The average molecular weight is 363 g/mol. The summed E-state index contributed by atoms with van der Waals surface area (Å²) in [7, 11) is 3.37. The number of nitrogens with zero attached hydrogens (tertiary/aromatic N) is 3. The monoisotopic (exact) mass is 363 g/mol. The first-order valence-corrected chi connectivity index (χ1v) is 8.33. The number of hydrogen-bond acceptors (Lipinski definition) is 4. The smallest absolute Gasteiger partial charge is 0.262 e. The van der Waals surface area contributed by atoms with Crippen molar-refractivity contribution >= 4 is 5.91 Å². The van der Waals surface area contributed by atoms with Gasteiger partial charge < -0.3 is 10.1 Å². The van der Waals surface area contributed by atoms with E-state index in [2.05, 4.69) is 16.5 Å². The van der Waals surface area contributed by atoms with E-state index in [0.717, 1.165) is 11.1 Å². The quantitative estimate of drug-likeness (QED) is 0.794. The molecule has 1 aliphatic heterocycles. The number of halogens is 2. The van der Waals surface area contributed by atoms with E-state index in [1.165, 1.54) is 11.9 Å². The molecule has 1 N–H and O–H groups in total. The molecule has 0 saturated carbocycles. The number of likely N-dealkylation sites (N-methyl/N-ethyl adjacent to an activating group) is 1. The molecule has 0 aliphatic carbocycles. The first kappa shape index (κ1) is 18.3. The summed E-state index contributed by atoms with van der Waals surface area (Å²) in [6.07, 6.45) is 3.19. The Morgan fingerprint density at radius 3 is 2.88 bits per heavy atom. The number of hydrogen-bond donors (Lipinski definition) is 1. The first-order valence-electron chi connectivity index (χ1n) is 8.33. The molecular weight excluding hydrogens is 342 g/mol. The Balaban J connectivity index is 1.47. The minimum absolute atomic E-state index is 0.239. The molecule has 1 saturated heterocycles. The molecule has 26 heavy (non-hydrogen) atoms. The number of benzene rings is 1. The summed E-state index contributed by atoms with van der Waals surface area (Å²) in [6.45, 7) is 0.0906. The molecule has 1 aliphatic rings. The molecule has 2 aromatic rings. The number of rotatable bonds is 6. The van der Waals surface area contributed by atoms with Crippen LogP contribution in [0.4, 0.5) is 8.78 Å². The number of carbonyl (C=O) groups excluding carboxylic acids is 1. The maximum atomic E-state index is 13.3. The second-order valence-corrected chi connectivity index (χ2v) is 6.49. The van der Waals surface area contributed by atoms with Crippen LogP contribution in [0.25, 0.3) is 11.1 Å². The standard InChI is InChI=1S/C18H21F2N4O2/c1-23-12-18(19,20)9-16(23)17(25)21-6-7-26-15-5-3-4-13(8-15)14-10-22-24(2)11-14/h4-5,8,10-11,16H,6-7,9,12H2,1-2H3,(H,21,25)/t16-/m1/s1. The van der Waals surface area contributed by atoms with Gasteiger partial charge in [0, 0.05) is 25.2 Å². The molecule has 1 aromatic heterocycles. The van der Waals surface area contributed by atoms with Crippen LogP contribution in [0.2, 0.25) is 0 Å². The molecule has 139 valence electrons. The fourth-order valence-corrected chi connectivity index (χ4v) is 3.00. The Hall–Kier alpha value is -2.48. The van der Waals surface area contributed by atoms with Crippen LogP contribution in [-0.4, -0.2) is 59.3 Å². The van der Waals surface area contributed by atoms with Gasteiger partial charge in [0.25, 0.3) is 5.92 Å². The number of likely N-dealkylation sites (tertiary alicyclic amines) is 1. The van der Waals surface area contributed by atoms with Gasteiger partial charge >= 0.3 is 0 Å². The molecule has 1 amide bonds. The number of alkyl halides is 2. The minimum atomic E-state index is -2.81. The van der Waals surface area contributed by atoms with Crippen molar-refractivity contribution in [3.8, 4) is 16.9 Å². The summed E-state index contributed by atoms with van der Waals surface area (Å²) < 4.78 is 34.0. The van der Waals surface area contributed by atoms with Crippen LogP contribution in [0.1, 0.15) is 6.42 Å². The lowest BCUT2D eigenvalue weighted by molar-refractivity contribution is -0.125. The normalized spacial score (nSPS) is 19.5. The van der Waals surface area contributed by atoms with Gasteiger partial charge in [-0.1, -0.05) is 0 Å². The van der Waals surface area contributed by atoms with E-state index >= 15 is 0 Å². The van der Waals surface area contributed by atoms with Gasteiger partial charge in [0.1, 0.15) is 12.4 Å². The van der Waals surface area contributed by atoms with Crippen LogP contribution in [-0.2, 0) is 11.8 Å². The SMILES string of the molecule is CN1CC(F)(F)C[C@@H]1C(=O)NCCOc1c[c]cc(-c2cnn(C)c2)c1. The molecule has 8 heteroatoms. The molecule has 0 unspecified atom stereocenters. The topological polar surface area (TPSA) is 59.4 Å². The third kappa shape index (κ3) is 4.37. The first-order chi connectivity index (χ1) is 12.3. The second kappa shape index (κ2) is 7.41. The molecule has 1 radical (unpaired) electrons. The van der Waals surface area contributed by atoms with Crippen LogP contribution in [0.15, 0.2) is 30.6 Å². The zero-order valence-electron chi connectivity index (χ0n) is 14.7. The number of aromatic nitrogens is 2. The average Bonchev–Trinajstić information content (AvgIpc) is 3.14. The van der Waals surface area contributed by atoms with Gasteiger partial charge in [-0.25, -0.2) is 8.78 Å². The van der Waals surface area contributed by atoms with Gasteiger partial charge in [0.15, 0.2) is 0 Å². The van der Waals surface area contributed by atoms with Crippen molar-refractivity contribution in [2.24, 2.45) is 7.05 Å². The highest BCUT2D eigenvalue weighted by Crippen LogP contribution is 2.30. The summed E-state index contributed by atoms with van der Waals surface area (Å²) in [5.74, 6) is -2.59. The zero-order valence-corrected chi connectivity index (χ0v) is 14.7. The number of carbonyl (C=O) groups is 1. The number of ether oxygens (including phenoxy) is 1. The van der Waals surface area contributed by atoms with Crippen molar-refractivity contribution in [3.63, 3.8) is 0 Å². The van der Waals surface area contributed by atoms with Crippen molar-refractivity contribution in [2.45, 2.75) is 18.4 Å². The van der Waals surface area contributed by atoms with E-state index in [1.807, 2.05) is 25.4 Å². The third-order valence-corrected chi connectivity index (χ3v) is 4.28. The summed E-state index contributed by atoms with van der Waals surface area (Å²) in [5.41, 5.74) is 1.88. The molecular formula is C18H21F2N4O2. The van der Waals surface area contributed by atoms with Gasteiger partial charge in [-0.15, -0.1) is 0 Å². The zero-order chi connectivity index (χ0) is 18.7. The van der Waals surface area contributed by atoms with Crippen LogP contribution >= 0.6 is 0 Å². The van der Waals surface area contributed by atoms with Crippen molar-refractivity contribution in [1.82, 2.24) is 20.0 Å². The summed E-state index contributed by atoms with van der Waals surface area (Å²) >= 11 is 0. The fraction of sp³-hybridized carbons (Fsp3) is 0.444. The molecule has 0 spiro atoms. The van der Waals surface area contributed by atoms with E-state index in [4.69, 9.17) is 4.74 Å². The maximum absolute atomic E-state index is 13.3. The lowest BCUT2D eigenvalue weighted by atomic mass is 10.1. The van der Waals surface area contributed by atoms with Crippen LogP contribution in [0, 0.1) is 6.07 Å².